The predicted octanol–water partition coefficient (Wildman–Crippen LogP) is 3.58. The summed E-state index contributed by atoms with van der Waals surface area (Å²) < 4.78 is 16.4. The highest BCUT2D eigenvalue weighted by molar-refractivity contribution is 5.89. The zero-order valence-corrected chi connectivity index (χ0v) is 13.5. The van der Waals surface area contributed by atoms with Crippen LogP contribution in [0.1, 0.15) is 45.4 Å². The molecule has 0 radical (unpaired) electrons. The van der Waals surface area contributed by atoms with E-state index in [4.69, 9.17) is 14.2 Å². The van der Waals surface area contributed by atoms with E-state index in [1.54, 1.807) is 6.26 Å². The maximum Gasteiger partial charge on any atom is 0.337 e. The van der Waals surface area contributed by atoms with Gasteiger partial charge < -0.3 is 14.2 Å². The number of hydrogen-bond acceptors (Lipinski definition) is 4. The van der Waals surface area contributed by atoms with Crippen LogP contribution >= 0.6 is 0 Å². The van der Waals surface area contributed by atoms with Crippen LogP contribution in [0.5, 0.6) is 0 Å². The second-order valence-corrected chi connectivity index (χ2v) is 6.54. The van der Waals surface area contributed by atoms with E-state index >= 15 is 0 Å². The van der Waals surface area contributed by atoms with Crippen molar-refractivity contribution in [1.29, 1.82) is 0 Å². The Hall–Kier alpha value is -1.45. The molecule has 3 unspecified atom stereocenters. The van der Waals surface area contributed by atoms with Crippen LogP contribution in [0.3, 0.4) is 0 Å². The van der Waals surface area contributed by atoms with Crippen molar-refractivity contribution >= 4 is 5.97 Å². The van der Waals surface area contributed by atoms with Gasteiger partial charge in [0, 0.05) is 11.8 Å². The minimum absolute atomic E-state index is 0.224. The maximum absolute atomic E-state index is 11.9. The number of fused-ring (bicyclic) bond motifs is 3. The van der Waals surface area contributed by atoms with Crippen molar-refractivity contribution < 1.29 is 19.0 Å². The number of allylic oxidation sites excluding steroid dienone is 1. The Bertz CT molecular complexity index is 479. The smallest absolute Gasteiger partial charge is 0.337 e. The van der Waals surface area contributed by atoms with Crippen LogP contribution in [0.25, 0.3) is 0 Å². The van der Waals surface area contributed by atoms with Crippen LogP contribution in [0.4, 0.5) is 0 Å². The van der Waals surface area contributed by atoms with E-state index in [0.717, 1.165) is 18.6 Å². The van der Waals surface area contributed by atoms with Crippen molar-refractivity contribution in [2.45, 2.75) is 51.6 Å². The van der Waals surface area contributed by atoms with Gasteiger partial charge in [-0.05, 0) is 25.3 Å². The predicted molar refractivity (Wildman–Crippen MR) is 82.9 cm³/mol. The lowest BCUT2D eigenvalue weighted by Gasteiger charge is -2.38. The number of unbranched alkanes of at least 4 members (excludes halogenated alkanes) is 4. The summed E-state index contributed by atoms with van der Waals surface area (Å²) in [5, 5.41) is 0. The largest absolute Gasteiger partial charge is 0.500 e. The molecule has 122 valence electrons. The van der Waals surface area contributed by atoms with E-state index in [1.165, 1.54) is 32.8 Å². The zero-order valence-electron chi connectivity index (χ0n) is 13.5. The lowest BCUT2D eigenvalue weighted by Crippen LogP contribution is -2.38. The molecule has 0 aromatic carbocycles. The monoisotopic (exact) mass is 306 g/mol. The summed E-state index contributed by atoms with van der Waals surface area (Å²) in [7, 11) is 1.43. The van der Waals surface area contributed by atoms with E-state index < -0.39 is 0 Å². The molecule has 1 saturated heterocycles. The molecule has 0 amide bonds. The highest BCUT2D eigenvalue weighted by atomic mass is 16.5. The molecule has 1 saturated carbocycles. The van der Waals surface area contributed by atoms with Gasteiger partial charge in [0.1, 0.15) is 6.10 Å². The Balaban J connectivity index is 1.60. The maximum atomic E-state index is 11.9. The molecule has 4 atom stereocenters. The van der Waals surface area contributed by atoms with Crippen LogP contribution in [-0.2, 0) is 19.0 Å². The van der Waals surface area contributed by atoms with Gasteiger partial charge in [-0.2, -0.15) is 0 Å². The Morgan fingerprint density at radius 1 is 1.41 bits per heavy atom. The second kappa shape index (κ2) is 6.76. The molecule has 2 aliphatic heterocycles. The van der Waals surface area contributed by atoms with Crippen molar-refractivity contribution in [2.24, 2.45) is 17.8 Å². The van der Waals surface area contributed by atoms with Gasteiger partial charge in [0.15, 0.2) is 0 Å². The average Bonchev–Trinajstić information content (AvgIpc) is 2.81. The molecule has 0 aromatic rings. The Kier molecular flexibility index (Phi) is 4.74. The standard InChI is InChI=1S/C18H26O4/c1-3-4-5-6-7-8-15-17-13-10-21-11-14(18(19)20-2)12(13)9-16(17)22-15/h8,11-13,16-17H,3-7,9-10H2,1-2H3/b15-8-/t12?,13?,16?,17-/m0/s1. The number of carbonyl (C=O) groups excluding carboxylic acids is 1. The van der Waals surface area contributed by atoms with Gasteiger partial charge >= 0.3 is 5.97 Å². The van der Waals surface area contributed by atoms with E-state index in [9.17, 15) is 4.79 Å². The third-order valence-electron chi connectivity index (χ3n) is 5.20. The van der Waals surface area contributed by atoms with Crippen molar-refractivity contribution in [3.05, 3.63) is 23.7 Å². The van der Waals surface area contributed by atoms with Crippen LogP contribution in [0.15, 0.2) is 23.7 Å². The summed E-state index contributed by atoms with van der Waals surface area (Å²) in [5.41, 5.74) is 0.680. The Labute approximate surface area is 132 Å². The van der Waals surface area contributed by atoms with Crippen molar-refractivity contribution in [2.75, 3.05) is 13.7 Å². The fourth-order valence-corrected chi connectivity index (χ4v) is 4.03. The summed E-state index contributed by atoms with van der Waals surface area (Å²) in [6.45, 7) is 2.91. The fraction of sp³-hybridized carbons (Fsp3) is 0.722. The summed E-state index contributed by atoms with van der Waals surface area (Å²) in [5.74, 6) is 1.89. The third kappa shape index (κ3) is 2.75. The molecule has 22 heavy (non-hydrogen) atoms. The molecular formula is C18H26O4. The van der Waals surface area contributed by atoms with Crippen molar-refractivity contribution in [3.63, 3.8) is 0 Å². The number of rotatable bonds is 6. The first-order chi connectivity index (χ1) is 10.8. The minimum atomic E-state index is -0.263. The lowest BCUT2D eigenvalue weighted by atomic mass is 9.82. The number of hydrogen-bond donors (Lipinski definition) is 0. The van der Waals surface area contributed by atoms with E-state index in [1.807, 2.05) is 0 Å². The molecule has 4 nitrogen and oxygen atoms in total. The molecule has 4 heteroatoms. The summed E-state index contributed by atoms with van der Waals surface area (Å²) in [6, 6.07) is 0. The minimum Gasteiger partial charge on any atom is -0.500 e. The summed E-state index contributed by atoms with van der Waals surface area (Å²) >= 11 is 0. The fourth-order valence-electron chi connectivity index (χ4n) is 4.03. The molecule has 0 bridgehead atoms. The molecule has 2 fully saturated rings. The molecule has 2 heterocycles. The van der Waals surface area contributed by atoms with Crippen LogP contribution in [0.2, 0.25) is 0 Å². The van der Waals surface area contributed by atoms with Gasteiger partial charge in [-0.1, -0.05) is 26.2 Å². The molecule has 0 N–H and O–H groups in total. The first-order valence-corrected chi connectivity index (χ1v) is 8.53. The molecule has 0 spiro atoms. The van der Waals surface area contributed by atoms with Gasteiger partial charge in [0.25, 0.3) is 0 Å². The zero-order chi connectivity index (χ0) is 15.5. The first kappa shape index (κ1) is 15.4. The van der Waals surface area contributed by atoms with E-state index in [0.29, 0.717) is 24.0 Å². The highest BCUT2D eigenvalue weighted by Gasteiger charge is 2.56. The van der Waals surface area contributed by atoms with Gasteiger partial charge in [-0.15, -0.1) is 0 Å². The summed E-state index contributed by atoms with van der Waals surface area (Å²) in [4.78, 5) is 11.9. The van der Waals surface area contributed by atoms with Gasteiger partial charge in [0.05, 0.1) is 37.2 Å². The van der Waals surface area contributed by atoms with Crippen LogP contribution < -0.4 is 0 Å². The number of esters is 1. The Morgan fingerprint density at radius 3 is 3.05 bits per heavy atom. The molecule has 0 aromatic heterocycles. The second-order valence-electron chi connectivity index (χ2n) is 6.54. The average molecular weight is 306 g/mol. The number of carbonyl (C=O) groups is 1. The third-order valence-corrected chi connectivity index (χ3v) is 5.20. The van der Waals surface area contributed by atoms with Crippen LogP contribution in [-0.4, -0.2) is 25.8 Å². The highest BCUT2D eigenvalue weighted by Crippen LogP contribution is 2.54. The van der Waals surface area contributed by atoms with Crippen molar-refractivity contribution in [1.82, 2.24) is 0 Å². The quantitative estimate of drug-likeness (QED) is 0.556. The summed E-state index contributed by atoms with van der Waals surface area (Å²) in [6.07, 6.45) is 11.2. The van der Waals surface area contributed by atoms with E-state index in [-0.39, 0.29) is 18.0 Å². The van der Waals surface area contributed by atoms with E-state index in [2.05, 4.69) is 13.0 Å². The lowest BCUT2D eigenvalue weighted by molar-refractivity contribution is -0.137. The Morgan fingerprint density at radius 2 is 2.27 bits per heavy atom. The molecule has 3 rings (SSSR count). The number of ether oxygens (including phenoxy) is 3. The van der Waals surface area contributed by atoms with Crippen molar-refractivity contribution in [3.8, 4) is 0 Å². The first-order valence-electron chi connectivity index (χ1n) is 8.53. The van der Waals surface area contributed by atoms with Crippen LogP contribution in [0, 0.1) is 17.8 Å². The molecular weight excluding hydrogens is 280 g/mol. The van der Waals surface area contributed by atoms with Gasteiger partial charge in [-0.25, -0.2) is 4.79 Å². The normalized spacial score (nSPS) is 33.9. The molecule has 3 aliphatic rings. The molecule has 1 aliphatic carbocycles. The topological polar surface area (TPSA) is 44.8 Å². The van der Waals surface area contributed by atoms with Gasteiger partial charge in [0.2, 0.25) is 0 Å². The van der Waals surface area contributed by atoms with Gasteiger partial charge in [-0.3, -0.25) is 0 Å². The number of methoxy groups -OCH3 is 1. The SMILES string of the molecule is CCCCCC/C=C1\OC2CC3C(C(=O)OC)=COCC3[C@@H]12.